The molecule has 1 saturated heterocycles. The van der Waals surface area contributed by atoms with E-state index < -0.39 is 0 Å². The molecular weight excluding hydrogens is 316 g/mol. The third-order valence-electron chi connectivity index (χ3n) is 5.53. The molecule has 2 rings (SSSR count). The van der Waals surface area contributed by atoms with E-state index in [2.05, 4.69) is 19.2 Å². The van der Waals surface area contributed by atoms with Crippen molar-refractivity contribution in [1.82, 2.24) is 5.32 Å². The molecule has 2 N–H and O–H groups in total. The van der Waals surface area contributed by atoms with Crippen LogP contribution in [-0.2, 0) is 4.79 Å². The van der Waals surface area contributed by atoms with Crippen molar-refractivity contribution in [3.8, 4) is 0 Å². The van der Waals surface area contributed by atoms with Crippen LogP contribution in [0.3, 0.4) is 0 Å². The highest BCUT2D eigenvalue weighted by Gasteiger charge is 2.26. The zero-order valence-corrected chi connectivity index (χ0v) is 15.4. The summed E-state index contributed by atoms with van der Waals surface area (Å²) in [4.78, 5) is 26.2. The van der Waals surface area contributed by atoms with E-state index in [1.807, 2.05) is 12.1 Å². The number of nitrogens with one attached hydrogen (secondary N) is 1. The van der Waals surface area contributed by atoms with Crippen LogP contribution in [-0.4, -0.2) is 36.6 Å². The summed E-state index contributed by atoms with van der Waals surface area (Å²) in [7, 11) is 0. The van der Waals surface area contributed by atoms with Crippen LogP contribution in [0.25, 0.3) is 0 Å². The Kier molecular flexibility index (Phi) is 7.00. The Hall–Kier alpha value is -1.88. The number of piperidine rings is 1. The largest absolute Gasteiger partial charge is 0.396 e. The van der Waals surface area contributed by atoms with E-state index in [0.29, 0.717) is 24.9 Å². The molecule has 1 aromatic rings. The van der Waals surface area contributed by atoms with Gasteiger partial charge in [-0.2, -0.15) is 0 Å². The summed E-state index contributed by atoms with van der Waals surface area (Å²) >= 11 is 0. The number of rotatable bonds is 8. The van der Waals surface area contributed by atoms with Crippen molar-refractivity contribution in [2.24, 2.45) is 5.41 Å². The average molecular weight is 346 g/mol. The van der Waals surface area contributed by atoms with E-state index >= 15 is 0 Å². The van der Waals surface area contributed by atoms with Gasteiger partial charge in [-0.25, -0.2) is 0 Å². The number of hydrogen-bond donors (Lipinski definition) is 2. The summed E-state index contributed by atoms with van der Waals surface area (Å²) in [5.41, 5.74) is 1.40. The van der Waals surface area contributed by atoms with Crippen molar-refractivity contribution >= 4 is 17.5 Å². The van der Waals surface area contributed by atoms with E-state index in [4.69, 9.17) is 0 Å². The topological polar surface area (TPSA) is 69.6 Å². The maximum absolute atomic E-state index is 12.4. The number of amides is 2. The van der Waals surface area contributed by atoms with E-state index in [9.17, 15) is 14.7 Å². The predicted molar refractivity (Wildman–Crippen MR) is 99.7 cm³/mol. The quantitative estimate of drug-likeness (QED) is 0.760. The number of carbonyl (C=O) groups is 2. The molecule has 1 aliphatic heterocycles. The third-order valence-corrected chi connectivity index (χ3v) is 5.53. The van der Waals surface area contributed by atoms with Gasteiger partial charge in [0, 0.05) is 37.4 Å². The Bertz CT molecular complexity index is 579. The van der Waals surface area contributed by atoms with Gasteiger partial charge in [0.05, 0.1) is 0 Å². The maximum atomic E-state index is 12.4. The van der Waals surface area contributed by atoms with Crippen molar-refractivity contribution in [1.29, 1.82) is 0 Å². The molecule has 1 heterocycles. The number of carbonyl (C=O) groups excluding carboxylic acids is 2. The molecule has 5 nitrogen and oxygen atoms in total. The van der Waals surface area contributed by atoms with Gasteiger partial charge in [0.15, 0.2) is 0 Å². The zero-order chi connectivity index (χ0) is 18.3. The lowest BCUT2D eigenvalue weighted by atomic mass is 9.79. The standard InChI is InChI=1S/C20H30N2O3/c1-3-20(4-2,12-14-23)15-21-19(25)16-8-10-17(11-9-16)22-13-6-5-7-18(22)24/h8-11,23H,3-7,12-15H2,1-2H3,(H,21,25). The van der Waals surface area contributed by atoms with Crippen LogP contribution < -0.4 is 10.2 Å². The molecule has 0 spiro atoms. The molecule has 5 heteroatoms. The first-order valence-corrected chi connectivity index (χ1v) is 9.34. The lowest BCUT2D eigenvalue weighted by Gasteiger charge is -2.31. The van der Waals surface area contributed by atoms with E-state index in [1.165, 1.54) is 0 Å². The first kappa shape index (κ1) is 19.4. The molecular formula is C20H30N2O3. The van der Waals surface area contributed by atoms with Crippen LogP contribution >= 0.6 is 0 Å². The lowest BCUT2D eigenvalue weighted by Crippen LogP contribution is -2.37. The van der Waals surface area contributed by atoms with Crippen LogP contribution in [0.1, 0.15) is 62.7 Å². The zero-order valence-electron chi connectivity index (χ0n) is 15.4. The molecule has 0 bridgehead atoms. The Labute approximate surface area is 150 Å². The fraction of sp³-hybridized carbons (Fsp3) is 0.600. The van der Waals surface area contributed by atoms with Crippen molar-refractivity contribution in [3.05, 3.63) is 29.8 Å². The summed E-state index contributed by atoms with van der Waals surface area (Å²) in [6, 6.07) is 7.24. The average Bonchev–Trinajstić information content (AvgIpc) is 2.65. The fourth-order valence-corrected chi connectivity index (χ4v) is 3.42. The van der Waals surface area contributed by atoms with Gasteiger partial charge in [-0.05, 0) is 61.8 Å². The van der Waals surface area contributed by atoms with Gasteiger partial charge in [-0.1, -0.05) is 13.8 Å². The van der Waals surface area contributed by atoms with Crippen LogP contribution in [0.4, 0.5) is 5.69 Å². The fourth-order valence-electron chi connectivity index (χ4n) is 3.42. The first-order valence-electron chi connectivity index (χ1n) is 9.34. The molecule has 0 unspecified atom stereocenters. The van der Waals surface area contributed by atoms with Gasteiger partial charge >= 0.3 is 0 Å². The van der Waals surface area contributed by atoms with Crippen molar-refractivity contribution in [3.63, 3.8) is 0 Å². The molecule has 2 amide bonds. The van der Waals surface area contributed by atoms with Crippen LogP contribution in [0, 0.1) is 5.41 Å². The summed E-state index contributed by atoms with van der Waals surface area (Å²) in [6.07, 6.45) is 5.11. The minimum absolute atomic E-state index is 0.0510. The highest BCUT2D eigenvalue weighted by atomic mass is 16.3. The third kappa shape index (κ3) is 4.82. The van der Waals surface area contributed by atoms with Crippen LogP contribution in [0.2, 0.25) is 0 Å². The minimum atomic E-state index is -0.110. The monoisotopic (exact) mass is 346 g/mol. The molecule has 1 aromatic carbocycles. The number of nitrogens with zero attached hydrogens (tertiary/aromatic N) is 1. The number of aliphatic hydroxyl groups excluding tert-OH is 1. The van der Waals surface area contributed by atoms with Crippen LogP contribution in [0.15, 0.2) is 24.3 Å². The molecule has 138 valence electrons. The number of benzene rings is 1. The van der Waals surface area contributed by atoms with Gasteiger partial charge in [-0.3, -0.25) is 9.59 Å². The summed E-state index contributed by atoms with van der Waals surface area (Å²) < 4.78 is 0. The molecule has 0 aliphatic carbocycles. The summed E-state index contributed by atoms with van der Waals surface area (Å²) in [5.74, 6) is 0.0452. The number of hydrogen-bond acceptors (Lipinski definition) is 3. The molecule has 0 saturated carbocycles. The van der Waals surface area contributed by atoms with Crippen molar-refractivity contribution in [2.75, 3.05) is 24.6 Å². The SMILES string of the molecule is CCC(CC)(CCO)CNC(=O)c1ccc(N2CCCCC2=O)cc1. The van der Waals surface area contributed by atoms with Gasteiger partial charge in [0.1, 0.15) is 0 Å². The highest BCUT2D eigenvalue weighted by molar-refractivity contribution is 5.96. The Morgan fingerprint density at radius 2 is 1.88 bits per heavy atom. The summed E-state index contributed by atoms with van der Waals surface area (Å²) in [6.45, 7) is 5.63. The molecule has 1 aliphatic rings. The maximum Gasteiger partial charge on any atom is 0.251 e. The Morgan fingerprint density at radius 1 is 1.20 bits per heavy atom. The Morgan fingerprint density at radius 3 is 2.44 bits per heavy atom. The summed E-state index contributed by atoms with van der Waals surface area (Å²) in [5, 5.41) is 12.3. The smallest absolute Gasteiger partial charge is 0.251 e. The first-order chi connectivity index (χ1) is 12.0. The van der Waals surface area contributed by atoms with Gasteiger partial charge in [0.25, 0.3) is 5.91 Å². The second kappa shape index (κ2) is 8.99. The second-order valence-corrected chi connectivity index (χ2v) is 6.91. The van der Waals surface area contributed by atoms with Crippen molar-refractivity contribution < 1.29 is 14.7 Å². The van der Waals surface area contributed by atoms with E-state index in [-0.39, 0.29) is 23.8 Å². The molecule has 0 atom stereocenters. The predicted octanol–water partition coefficient (Wildman–Crippen LogP) is 3.12. The molecule has 25 heavy (non-hydrogen) atoms. The van der Waals surface area contributed by atoms with Gasteiger partial charge in [0.2, 0.25) is 5.91 Å². The van der Waals surface area contributed by atoms with E-state index in [1.54, 1.807) is 17.0 Å². The molecule has 1 fully saturated rings. The van der Waals surface area contributed by atoms with E-state index in [0.717, 1.165) is 37.9 Å². The normalized spacial score (nSPS) is 15.3. The Balaban J connectivity index is 1.99. The highest BCUT2D eigenvalue weighted by Crippen LogP contribution is 2.29. The number of aliphatic hydroxyl groups is 1. The molecule has 0 aromatic heterocycles. The molecule has 0 radical (unpaired) electrons. The number of anilines is 1. The van der Waals surface area contributed by atoms with Gasteiger partial charge < -0.3 is 15.3 Å². The van der Waals surface area contributed by atoms with Gasteiger partial charge in [-0.15, -0.1) is 0 Å². The minimum Gasteiger partial charge on any atom is -0.396 e. The van der Waals surface area contributed by atoms with Crippen LogP contribution in [0.5, 0.6) is 0 Å². The lowest BCUT2D eigenvalue weighted by molar-refractivity contribution is -0.119. The second-order valence-electron chi connectivity index (χ2n) is 6.91. The van der Waals surface area contributed by atoms with Crippen molar-refractivity contribution in [2.45, 2.75) is 52.4 Å².